The Morgan fingerprint density at radius 1 is 0.920 bits per heavy atom. The zero-order valence-electron chi connectivity index (χ0n) is 14.9. The molecule has 3 heteroatoms. The van der Waals surface area contributed by atoms with Crippen LogP contribution >= 0.6 is 0 Å². The van der Waals surface area contributed by atoms with Crippen LogP contribution in [0.15, 0.2) is 54.6 Å². The maximum absolute atomic E-state index is 5.58. The Morgan fingerprint density at radius 3 is 2.44 bits per heavy atom. The highest BCUT2D eigenvalue weighted by molar-refractivity contribution is 5.85. The first-order valence-corrected chi connectivity index (χ1v) is 9.05. The number of benzene rings is 2. The number of hydrogen-bond donors (Lipinski definition) is 1. The Bertz CT molecular complexity index is 812. The van der Waals surface area contributed by atoms with E-state index in [2.05, 4.69) is 42.5 Å². The summed E-state index contributed by atoms with van der Waals surface area (Å²) in [5.74, 6) is 0.865. The molecule has 0 atom stereocenters. The third-order valence-corrected chi connectivity index (χ3v) is 4.59. The molecule has 0 aliphatic carbocycles. The average Bonchev–Trinajstić information content (AvgIpc) is 2.67. The van der Waals surface area contributed by atoms with E-state index in [9.17, 15) is 0 Å². The number of unbranched alkanes of at least 4 members (excludes halogenated alkanes) is 3. The number of nitrogens with zero attached hydrogens (tertiary/aromatic N) is 1. The standard InChI is InChI=1S/C22H26N2O/c1-25-19-13-11-17(12-14-19)22-16-18(8-4-2-3-7-15-23)20-9-5-6-10-21(20)24-22/h5-6,9-14,16H,2-4,7-8,15,23H2,1H3. The van der Waals surface area contributed by atoms with Gasteiger partial charge >= 0.3 is 0 Å². The molecule has 0 aliphatic heterocycles. The van der Waals surface area contributed by atoms with Crippen molar-refractivity contribution in [3.63, 3.8) is 0 Å². The predicted molar refractivity (Wildman–Crippen MR) is 105 cm³/mol. The SMILES string of the molecule is COc1ccc(-c2cc(CCCCCCN)c3ccccc3n2)cc1. The summed E-state index contributed by atoms with van der Waals surface area (Å²) < 4.78 is 5.26. The smallest absolute Gasteiger partial charge is 0.118 e. The lowest BCUT2D eigenvalue weighted by Crippen LogP contribution is -1.98. The maximum atomic E-state index is 5.58. The van der Waals surface area contributed by atoms with Crippen LogP contribution in [0.3, 0.4) is 0 Å². The number of pyridine rings is 1. The number of para-hydroxylation sites is 1. The number of rotatable bonds is 8. The van der Waals surface area contributed by atoms with E-state index >= 15 is 0 Å². The largest absolute Gasteiger partial charge is 0.497 e. The first-order chi connectivity index (χ1) is 12.3. The summed E-state index contributed by atoms with van der Waals surface area (Å²) in [6, 6.07) is 18.8. The monoisotopic (exact) mass is 334 g/mol. The summed E-state index contributed by atoms with van der Waals surface area (Å²) >= 11 is 0. The molecular formula is C22H26N2O. The molecule has 0 spiro atoms. The van der Waals surface area contributed by atoms with Crippen molar-refractivity contribution in [2.75, 3.05) is 13.7 Å². The number of ether oxygens (including phenoxy) is 1. The summed E-state index contributed by atoms with van der Waals surface area (Å²) in [4.78, 5) is 4.86. The third kappa shape index (κ3) is 4.37. The lowest BCUT2D eigenvalue weighted by Gasteiger charge is -2.10. The van der Waals surface area contributed by atoms with Crippen LogP contribution in [-0.2, 0) is 6.42 Å². The second kappa shape index (κ2) is 8.63. The van der Waals surface area contributed by atoms with Crippen LogP contribution in [0.4, 0.5) is 0 Å². The van der Waals surface area contributed by atoms with Gasteiger partial charge in [-0.1, -0.05) is 31.0 Å². The molecule has 0 aliphatic rings. The molecule has 0 bridgehead atoms. The lowest BCUT2D eigenvalue weighted by molar-refractivity contribution is 0.415. The molecule has 3 rings (SSSR count). The van der Waals surface area contributed by atoms with E-state index in [0.717, 1.165) is 41.9 Å². The van der Waals surface area contributed by atoms with Crippen LogP contribution < -0.4 is 10.5 Å². The van der Waals surface area contributed by atoms with Crippen LogP contribution in [0.2, 0.25) is 0 Å². The van der Waals surface area contributed by atoms with Gasteiger partial charge in [-0.05, 0) is 67.8 Å². The second-order valence-electron chi connectivity index (χ2n) is 6.37. The highest BCUT2D eigenvalue weighted by Crippen LogP contribution is 2.27. The van der Waals surface area contributed by atoms with Gasteiger partial charge in [-0.25, -0.2) is 4.98 Å². The van der Waals surface area contributed by atoms with Gasteiger partial charge in [-0.3, -0.25) is 0 Å². The average molecular weight is 334 g/mol. The van der Waals surface area contributed by atoms with Gasteiger partial charge in [-0.2, -0.15) is 0 Å². The molecule has 1 aromatic heterocycles. The van der Waals surface area contributed by atoms with Gasteiger partial charge in [0.05, 0.1) is 18.3 Å². The van der Waals surface area contributed by atoms with Crippen LogP contribution in [0.1, 0.15) is 31.2 Å². The minimum atomic E-state index is 0.791. The van der Waals surface area contributed by atoms with Gasteiger partial charge in [-0.15, -0.1) is 0 Å². The van der Waals surface area contributed by atoms with Crippen LogP contribution in [0, 0.1) is 0 Å². The maximum Gasteiger partial charge on any atom is 0.118 e. The van der Waals surface area contributed by atoms with E-state index in [1.807, 2.05) is 12.1 Å². The number of aryl methyl sites for hydroxylation is 1. The second-order valence-corrected chi connectivity index (χ2v) is 6.37. The lowest BCUT2D eigenvalue weighted by atomic mass is 9.99. The Hall–Kier alpha value is -2.39. The first kappa shape index (κ1) is 17.4. The number of methoxy groups -OCH3 is 1. The Balaban J connectivity index is 1.88. The molecule has 0 unspecified atom stereocenters. The molecule has 2 N–H and O–H groups in total. The molecule has 25 heavy (non-hydrogen) atoms. The summed E-state index contributed by atoms with van der Waals surface area (Å²) in [5.41, 5.74) is 10.2. The van der Waals surface area contributed by atoms with Crippen molar-refractivity contribution in [3.05, 3.63) is 60.2 Å². The fourth-order valence-corrected chi connectivity index (χ4v) is 3.18. The summed E-state index contributed by atoms with van der Waals surface area (Å²) in [6.45, 7) is 0.791. The van der Waals surface area contributed by atoms with Gasteiger partial charge < -0.3 is 10.5 Å². The van der Waals surface area contributed by atoms with Gasteiger partial charge in [0, 0.05) is 10.9 Å². The van der Waals surface area contributed by atoms with E-state index < -0.39 is 0 Å². The van der Waals surface area contributed by atoms with Gasteiger partial charge in [0.15, 0.2) is 0 Å². The van der Waals surface area contributed by atoms with Crippen molar-refractivity contribution in [2.45, 2.75) is 32.1 Å². The number of hydrogen-bond acceptors (Lipinski definition) is 3. The molecule has 0 saturated heterocycles. The molecule has 3 aromatic rings. The van der Waals surface area contributed by atoms with Crippen molar-refractivity contribution in [1.82, 2.24) is 4.98 Å². The molecule has 3 nitrogen and oxygen atoms in total. The third-order valence-electron chi connectivity index (χ3n) is 4.59. The van der Waals surface area contributed by atoms with E-state index in [1.54, 1.807) is 7.11 Å². The molecule has 0 radical (unpaired) electrons. The molecule has 0 amide bonds. The van der Waals surface area contributed by atoms with E-state index in [0.29, 0.717) is 0 Å². The first-order valence-electron chi connectivity index (χ1n) is 9.05. The van der Waals surface area contributed by atoms with Crippen molar-refractivity contribution in [2.24, 2.45) is 5.73 Å². The van der Waals surface area contributed by atoms with Crippen molar-refractivity contribution in [3.8, 4) is 17.0 Å². The Morgan fingerprint density at radius 2 is 1.68 bits per heavy atom. The van der Waals surface area contributed by atoms with Crippen LogP contribution in [0.25, 0.3) is 22.2 Å². The molecule has 2 aromatic carbocycles. The van der Waals surface area contributed by atoms with Crippen molar-refractivity contribution < 1.29 is 4.74 Å². The highest BCUT2D eigenvalue weighted by atomic mass is 16.5. The number of nitrogens with two attached hydrogens (primary N) is 1. The zero-order chi connectivity index (χ0) is 17.5. The molecule has 1 heterocycles. The van der Waals surface area contributed by atoms with E-state index in [1.165, 1.54) is 30.2 Å². The summed E-state index contributed by atoms with van der Waals surface area (Å²) in [5, 5.41) is 1.26. The molecular weight excluding hydrogens is 308 g/mol. The Labute approximate surface area is 149 Å². The van der Waals surface area contributed by atoms with Crippen molar-refractivity contribution in [1.29, 1.82) is 0 Å². The minimum Gasteiger partial charge on any atom is -0.497 e. The van der Waals surface area contributed by atoms with Gasteiger partial charge in [0.1, 0.15) is 5.75 Å². The van der Waals surface area contributed by atoms with Crippen LogP contribution in [-0.4, -0.2) is 18.6 Å². The summed E-state index contributed by atoms with van der Waals surface area (Å²) in [7, 11) is 1.69. The molecule has 0 fully saturated rings. The summed E-state index contributed by atoms with van der Waals surface area (Å²) in [6.07, 6.45) is 5.83. The molecule has 130 valence electrons. The van der Waals surface area contributed by atoms with Crippen LogP contribution in [0.5, 0.6) is 5.75 Å². The quantitative estimate of drug-likeness (QED) is 0.592. The van der Waals surface area contributed by atoms with E-state index in [-0.39, 0.29) is 0 Å². The topological polar surface area (TPSA) is 48.1 Å². The Kier molecular flexibility index (Phi) is 6.02. The number of aromatic nitrogens is 1. The minimum absolute atomic E-state index is 0.791. The fraction of sp³-hybridized carbons (Fsp3) is 0.318. The predicted octanol–water partition coefficient (Wildman–Crippen LogP) is 4.97. The fourth-order valence-electron chi connectivity index (χ4n) is 3.18. The van der Waals surface area contributed by atoms with Crippen molar-refractivity contribution >= 4 is 10.9 Å². The van der Waals surface area contributed by atoms with Gasteiger partial charge in [0.25, 0.3) is 0 Å². The van der Waals surface area contributed by atoms with Gasteiger partial charge in [0.2, 0.25) is 0 Å². The highest BCUT2D eigenvalue weighted by Gasteiger charge is 2.08. The normalized spacial score (nSPS) is 11.0. The van der Waals surface area contributed by atoms with E-state index in [4.69, 9.17) is 15.5 Å². The number of fused-ring (bicyclic) bond motifs is 1. The molecule has 0 saturated carbocycles. The zero-order valence-corrected chi connectivity index (χ0v) is 14.9.